The van der Waals surface area contributed by atoms with Gasteiger partial charge in [-0.1, -0.05) is 48.5 Å². The van der Waals surface area contributed by atoms with E-state index in [-0.39, 0.29) is 35.4 Å². The Labute approximate surface area is 178 Å². The number of aromatic nitrogens is 2. The van der Waals surface area contributed by atoms with Crippen LogP contribution in [0.15, 0.2) is 71.8 Å². The van der Waals surface area contributed by atoms with E-state index in [9.17, 15) is 20.0 Å². The molecule has 0 unspecified atom stereocenters. The lowest BCUT2D eigenvalue weighted by molar-refractivity contribution is 0.0988. The second-order valence-electron chi connectivity index (χ2n) is 7.30. The summed E-state index contributed by atoms with van der Waals surface area (Å²) < 4.78 is 1.05. The summed E-state index contributed by atoms with van der Waals surface area (Å²) >= 11 is 0. The number of carbonyl (C=O) groups excluding carboxylic acids is 1. The van der Waals surface area contributed by atoms with Crippen molar-refractivity contribution < 1.29 is 9.90 Å². The number of hydrogen-bond acceptors (Lipinski definition) is 5. The van der Waals surface area contributed by atoms with Gasteiger partial charge in [0.2, 0.25) is 5.88 Å². The molecule has 0 bridgehead atoms. The standard InChI is InChI=1S/C25H19N3O3/c1-16-21(13-26)24(30)28(15-17-6-5-11-27-14-17)25(31)23(16)22(29)12-19-9-4-8-18-7-2-3-10-20(18)19/h2-11,14,31H,12,15H2,1H3. The van der Waals surface area contributed by atoms with Crippen molar-refractivity contribution in [2.75, 3.05) is 0 Å². The molecule has 4 rings (SSSR count). The molecule has 6 nitrogen and oxygen atoms in total. The Bertz CT molecular complexity index is 1390. The Morgan fingerprint density at radius 2 is 1.90 bits per heavy atom. The van der Waals surface area contributed by atoms with Crippen molar-refractivity contribution in [3.05, 3.63) is 105 Å². The van der Waals surface area contributed by atoms with Crippen LogP contribution in [0.2, 0.25) is 0 Å². The van der Waals surface area contributed by atoms with E-state index in [0.29, 0.717) is 5.56 Å². The molecule has 2 aromatic carbocycles. The van der Waals surface area contributed by atoms with Crippen LogP contribution in [0.25, 0.3) is 10.8 Å². The summed E-state index contributed by atoms with van der Waals surface area (Å²) in [4.78, 5) is 30.1. The first-order chi connectivity index (χ1) is 15.0. The van der Waals surface area contributed by atoms with Crippen LogP contribution in [-0.4, -0.2) is 20.4 Å². The van der Waals surface area contributed by atoms with Crippen LogP contribution in [0.3, 0.4) is 0 Å². The molecule has 2 heterocycles. The predicted molar refractivity (Wildman–Crippen MR) is 117 cm³/mol. The molecule has 0 aliphatic heterocycles. The van der Waals surface area contributed by atoms with E-state index < -0.39 is 11.4 Å². The quantitative estimate of drug-likeness (QED) is 0.507. The summed E-state index contributed by atoms with van der Waals surface area (Å²) in [6.45, 7) is 1.52. The monoisotopic (exact) mass is 409 g/mol. The topological polar surface area (TPSA) is 96.0 Å². The third-order valence-corrected chi connectivity index (χ3v) is 5.37. The maximum Gasteiger partial charge on any atom is 0.271 e. The zero-order valence-corrected chi connectivity index (χ0v) is 16.9. The van der Waals surface area contributed by atoms with Crippen LogP contribution >= 0.6 is 0 Å². The number of nitriles is 1. The minimum atomic E-state index is -0.636. The first-order valence-electron chi connectivity index (χ1n) is 9.76. The van der Waals surface area contributed by atoms with Crippen molar-refractivity contribution in [2.24, 2.45) is 0 Å². The molecule has 1 N–H and O–H groups in total. The lowest BCUT2D eigenvalue weighted by atomic mass is 9.94. The van der Waals surface area contributed by atoms with E-state index in [0.717, 1.165) is 20.9 Å². The normalized spacial score (nSPS) is 10.7. The highest BCUT2D eigenvalue weighted by Crippen LogP contribution is 2.26. The summed E-state index contributed by atoms with van der Waals surface area (Å²) in [6.07, 6.45) is 3.20. The van der Waals surface area contributed by atoms with Crippen molar-refractivity contribution >= 4 is 16.6 Å². The van der Waals surface area contributed by atoms with Gasteiger partial charge in [-0.25, -0.2) is 0 Å². The molecular weight excluding hydrogens is 390 g/mol. The number of aromatic hydroxyl groups is 1. The van der Waals surface area contributed by atoms with Crippen molar-refractivity contribution in [1.82, 2.24) is 9.55 Å². The number of pyridine rings is 2. The van der Waals surface area contributed by atoms with Gasteiger partial charge in [0.05, 0.1) is 12.1 Å². The first-order valence-corrected chi connectivity index (χ1v) is 9.76. The second kappa shape index (κ2) is 8.25. The molecule has 31 heavy (non-hydrogen) atoms. The van der Waals surface area contributed by atoms with E-state index >= 15 is 0 Å². The summed E-state index contributed by atoms with van der Waals surface area (Å²) in [6, 6.07) is 18.8. The lowest BCUT2D eigenvalue weighted by Gasteiger charge is -2.16. The fourth-order valence-corrected chi connectivity index (χ4v) is 3.81. The van der Waals surface area contributed by atoms with Crippen LogP contribution in [-0.2, 0) is 13.0 Å². The number of carbonyl (C=O) groups is 1. The van der Waals surface area contributed by atoms with Crippen LogP contribution in [0.5, 0.6) is 5.88 Å². The van der Waals surface area contributed by atoms with Gasteiger partial charge in [0.1, 0.15) is 11.6 Å². The summed E-state index contributed by atoms with van der Waals surface area (Å²) in [7, 11) is 0. The van der Waals surface area contributed by atoms with E-state index in [4.69, 9.17) is 0 Å². The van der Waals surface area contributed by atoms with Gasteiger partial charge in [0, 0.05) is 18.8 Å². The average Bonchev–Trinajstić information content (AvgIpc) is 2.78. The Hall–Kier alpha value is -4.24. The van der Waals surface area contributed by atoms with Gasteiger partial charge >= 0.3 is 0 Å². The van der Waals surface area contributed by atoms with Gasteiger partial charge in [-0.3, -0.25) is 19.1 Å². The lowest BCUT2D eigenvalue weighted by Crippen LogP contribution is -2.27. The van der Waals surface area contributed by atoms with Crippen LogP contribution in [0.4, 0.5) is 0 Å². The number of fused-ring (bicyclic) bond motifs is 1. The molecule has 0 spiro atoms. The van der Waals surface area contributed by atoms with Crippen molar-refractivity contribution in [3.8, 4) is 11.9 Å². The highest BCUT2D eigenvalue weighted by molar-refractivity contribution is 6.03. The zero-order chi connectivity index (χ0) is 22.0. The zero-order valence-electron chi connectivity index (χ0n) is 16.9. The van der Waals surface area contributed by atoms with Crippen LogP contribution in [0, 0.1) is 18.3 Å². The SMILES string of the molecule is Cc1c(C(=O)Cc2cccc3ccccc23)c(O)n(Cc2cccnc2)c(=O)c1C#N. The van der Waals surface area contributed by atoms with Gasteiger partial charge in [0.15, 0.2) is 5.78 Å². The highest BCUT2D eigenvalue weighted by Gasteiger charge is 2.24. The maximum atomic E-state index is 13.3. The van der Waals surface area contributed by atoms with Crippen molar-refractivity contribution in [3.63, 3.8) is 0 Å². The second-order valence-corrected chi connectivity index (χ2v) is 7.30. The molecule has 0 atom stereocenters. The van der Waals surface area contributed by atoms with Gasteiger partial charge < -0.3 is 5.11 Å². The molecule has 6 heteroatoms. The van der Waals surface area contributed by atoms with E-state index in [2.05, 4.69) is 4.98 Å². The Morgan fingerprint density at radius 3 is 2.65 bits per heavy atom. The fraction of sp³-hybridized carbons (Fsp3) is 0.120. The largest absolute Gasteiger partial charge is 0.494 e. The van der Waals surface area contributed by atoms with Gasteiger partial charge in [-0.05, 0) is 40.5 Å². The number of nitrogens with zero attached hydrogens (tertiary/aromatic N) is 3. The summed E-state index contributed by atoms with van der Waals surface area (Å²) in [5, 5.41) is 22.4. The third kappa shape index (κ3) is 3.69. The number of hydrogen-bond donors (Lipinski definition) is 1. The Morgan fingerprint density at radius 1 is 1.13 bits per heavy atom. The fourth-order valence-electron chi connectivity index (χ4n) is 3.81. The van der Waals surface area contributed by atoms with Gasteiger partial charge in [-0.2, -0.15) is 5.26 Å². The first kappa shape index (κ1) is 20.0. The molecule has 0 amide bonds. The predicted octanol–water partition coefficient (Wildman–Crippen LogP) is 3.76. The molecule has 0 aliphatic carbocycles. The number of ketones is 1. The third-order valence-electron chi connectivity index (χ3n) is 5.37. The molecule has 0 saturated heterocycles. The van der Waals surface area contributed by atoms with E-state index in [1.54, 1.807) is 24.5 Å². The molecule has 4 aromatic rings. The van der Waals surface area contributed by atoms with Crippen LogP contribution in [0.1, 0.15) is 32.6 Å². The van der Waals surface area contributed by atoms with E-state index in [1.807, 2.05) is 48.5 Å². The molecule has 2 aromatic heterocycles. The molecule has 0 radical (unpaired) electrons. The number of rotatable bonds is 5. The number of Topliss-reactive ketones (excluding diaryl/α,β-unsaturated/α-hetero) is 1. The van der Waals surface area contributed by atoms with E-state index in [1.165, 1.54) is 6.92 Å². The minimum absolute atomic E-state index is 0.00200. The molecular formula is C25H19N3O3. The van der Waals surface area contributed by atoms with Gasteiger partial charge in [-0.15, -0.1) is 0 Å². The van der Waals surface area contributed by atoms with Gasteiger partial charge in [0.25, 0.3) is 5.56 Å². The molecule has 152 valence electrons. The summed E-state index contributed by atoms with van der Waals surface area (Å²) in [5.74, 6) is -0.793. The Balaban J connectivity index is 1.82. The smallest absolute Gasteiger partial charge is 0.271 e. The van der Waals surface area contributed by atoms with Crippen molar-refractivity contribution in [2.45, 2.75) is 19.9 Å². The molecule has 0 saturated carbocycles. The highest BCUT2D eigenvalue weighted by atomic mass is 16.3. The average molecular weight is 409 g/mol. The maximum absolute atomic E-state index is 13.3. The molecule has 0 fully saturated rings. The van der Waals surface area contributed by atoms with Crippen LogP contribution < -0.4 is 5.56 Å². The number of benzene rings is 2. The minimum Gasteiger partial charge on any atom is -0.494 e. The Kier molecular flexibility index (Phi) is 5.33. The summed E-state index contributed by atoms with van der Waals surface area (Å²) in [5.41, 5.74) is 0.877. The van der Waals surface area contributed by atoms with Crippen molar-refractivity contribution in [1.29, 1.82) is 5.26 Å². The molecule has 0 aliphatic rings.